The van der Waals surface area contributed by atoms with Gasteiger partial charge in [-0.15, -0.1) is 0 Å². The van der Waals surface area contributed by atoms with E-state index in [1.807, 2.05) is 42.5 Å². The molecule has 4 nitrogen and oxygen atoms in total. The molecule has 4 rings (SSSR count). The third-order valence-electron chi connectivity index (χ3n) is 4.26. The topological polar surface area (TPSA) is 46.3 Å². The number of fused-ring (bicyclic) bond motifs is 1. The van der Waals surface area contributed by atoms with E-state index in [-0.39, 0.29) is 5.91 Å². The number of benzene rings is 2. The molecular weight excluding hydrogens is 344 g/mol. The standard InChI is InChI=1S/C21H18N2O2S/c1-2-16-10-6-12-18-19(16)22-21(26-18)23(14-15-8-4-3-5-9-15)20(24)17-11-7-13-25-17/h3-13H,2,14H2,1H3. The fourth-order valence-electron chi connectivity index (χ4n) is 2.92. The molecule has 4 aromatic rings. The molecule has 0 radical (unpaired) electrons. The maximum atomic E-state index is 13.0. The van der Waals surface area contributed by atoms with Crippen molar-refractivity contribution < 1.29 is 9.21 Å². The van der Waals surface area contributed by atoms with Crippen molar-refractivity contribution in [2.24, 2.45) is 0 Å². The van der Waals surface area contributed by atoms with E-state index >= 15 is 0 Å². The lowest BCUT2D eigenvalue weighted by atomic mass is 10.1. The maximum absolute atomic E-state index is 13.0. The van der Waals surface area contributed by atoms with E-state index in [1.165, 1.54) is 23.2 Å². The smallest absolute Gasteiger partial charge is 0.296 e. The van der Waals surface area contributed by atoms with Gasteiger partial charge in [0.15, 0.2) is 10.9 Å². The Bertz CT molecular complexity index is 1020. The van der Waals surface area contributed by atoms with Crippen LogP contribution in [0.1, 0.15) is 28.6 Å². The SMILES string of the molecule is CCc1cccc2sc(N(Cc3ccccc3)C(=O)c3ccco3)nc12. The molecule has 0 atom stereocenters. The molecule has 0 N–H and O–H groups in total. The number of amides is 1. The highest BCUT2D eigenvalue weighted by Crippen LogP contribution is 2.32. The molecule has 2 aromatic heterocycles. The number of carbonyl (C=O) groups excluding carboxylic acids is 1. The average Bonchev–Trinajstić information content (AvgIpc) is 3.35. The number of aryl methyl sites for hydroxylation is 1. The van der Waals surface area contributed by atoms with Crippen LogP contribution >= 0.6 is 11.3 Å². The lowest BCUT2D eigenvalue weighted by molar-refractivity contribution is 0.0958. The molecule has 2 heterocycles. The van der Waals surface area contributed by atoms with Crippen LogP contribution in [0.25, 0.3) is 10.2 Å². The zero-order chi connectivity index (χ0) is 17.9. The second-order valence-electron chi connectivity index (χ2n) is 5.97. The molecule has 0 aliphatic heterocycles. The molecule has 0 aliphatic rings. The van der Waals surface area contributed by atoms with Crippen molar-refractivity contribution in [3.8, 4) is 0 Å². The van der Waals surface area contributed by atoms with Crippen LogP contribution in [0, 0.1) is 0 Å². The Labute approximate surface area is 155 Å². The van der Waals surface area contributed by atoms with Gasteiger partial charge in [0.25, 0.3) is 5.91 Å². The zero-order valence-electron chi connectivity index (χ0n) is 14.4. The summed E-state index contributed by atoms with van der Waals surface area (Å²) in [7, 11) is 0. The average molecular weight is 362 g/mol. The Balaban J connectivity index is 1.78. The maximum Gasteiger partial charge on any atom is 0.296 e. The number of anilines is 1. The monoisotopic (exact) mass is 362 g/mol. The highest BCUT2D eigenvalue weighted by Gasteiger charge is 2.24. The van der Waals surface area contributed by atoms with Gasteiger partial charge in [0.1, 0.15) is 0 Å². The lowest BCUT2D eigenvalue weighted by Crippen LogP contribution is -2.30. The van der Waals surface area contributed by atoms with Crippen molar-refractivity contribution in [2.75, 3.05) is 4.90 Å². The lowest BCUT2D eigenvalue weighted by Gasteiger charge is -2.18. The molecule has 0 fully saturated rings. The summed E-state index contributed by atoms with van der Waals surface area (Å²) in [5.74, 6) is 0.131. The van der Waals surface area contributed by atoms with Gasteiger partial charge in [-0.25, -0.2) is 4.98 Å². The Morgan fingerprint density at radius 2 is 1.92 bits per heavy atom. The molecule has 5 heteroatoms. The molecule has 1 amide bonds. The van der Waals surface area contributed by atoms with Crippen molar-refractivity contribution in [1.29, 1.82) is 0 Å². The van der Waals surface area contributed by atoms with Gasteiger partial charge in [0.05, 0.1) is 23.0 Å². The summed E-state index contributed by atoms with van der Waals surface area (Å²) in [5, 5.41) is 0.686. The van der Waals surface area contributed by atoms with Crippen molar-refractivity contribution in [1.82, 2.24) is 4.98 Å². The molecule has 0 saturated carbocycles. The van der Waals surface area contributed by atoms with E-state index in [0.29, 0.717) is 17.4 Å². The van der Waals surface area contributed by atoms with Crippen LogP contribution in [0.3, 0.4) is 0 Å². The van der Waals surface area contributed by atoms with Gasteiger partial charge in [-0.05, 0) is 35.7 Å². The highest BCUT2D eigenvalue weighted by molar-refractivity contribution is 7.22. The van der Waals surface area contributed by atoms with Crippen LogP contribution in [0.2, 0.25) is 0 Å². The van der Waals surface area contributed by atoms with Crippen LogP contribution in [0.5, 0.6) is 0 Å². The Hall–Kier alpha value is -2.92. The fraction of sp³-hybridized carbons (Fsp3) is 0.143. The van der Waals surface area contributed by atoms with Crippen LogP contribution < -0.4 is 4.90 Å². The third-order valence-corrected chi connectivity index (χ3v) is 5.31. The molecule has 26 heavy (non-hydrogen) atoms. The van der Waals surface area contributed by atoms with Crippen molar-refractivity contribution in [2.45, 2.75) is 19.9 Å². The number of rotatable bonds is 5. The Kier molecular flexibility index (Phi) is 4.54. The van der Waals surface area contributed by atoms with Gasteiger partial charge in [0.2, 0.25) is 0 Å². The Morgan fingerprint density at radius 1 is 1.08 bits per heavy atom. The number of hydrogen-bond donors (Lipinski definition) is 0. The molecule has 2 aromatic carbocycles. The Morgan fingerprint density at radius 3 is 2.65 bits per heavy atom. The quantitative estimate of drug-likeness (QED) is 0.484. The van der Waals surface area contributed by atoms with E-state index in [2.05, 4.69) is 13.0 Å². The summed E-state index contributed by atoms with van der Waals surface area (Å²) < 4.78 is 6.43. The zero-order valence-corrected chi connectivity index (χ0v) is 15.2. The van der Waals surface area contributed by atoms with Gasteiger partial charge >= 0.3 is 0 Å². The number of furan rings is 1. The fourth-order valence-corrected chi connectivity index (χ4v) is 3.93. The van der Waals surface area contributed by atoms with Crippen LogP contribution in [-0.2, 0) is 13.0 Å². The van der Waals surface area contributed by atoms with Gasteiger partial charge in [-0.3, -0.25) is 9.69 Å². The van der Waals surface area contributed by atoms with Crippen molar-refractivity contribution >= 4 is 32.6 Å². The molecule has 0 unspecified atom stereocenters. The number of aromatic nitrogens is 1. The number of nitrogens with zero attached hydrogens (tertiary/aromatic N) is 2. The van der Waals surface area contributed by atoms with Gasteiger partial charge in [-0.1, -0.05) is 60.7 Å². The van der Waals surface area contributed by atoms with Crippen molar-refractivity contribution in [3.05, 3.63) is 83.8 Å². The summed E-state index contributed by atoms with van der Waals surface area (Å²) in [4.78, 5) is 19.5. The second-order valence-corrected chi connectivity index (χ2v) is 6.98. The van der Waals surface area contributed by atoms with E-state index in [9.17, 15) is 4.79 Å². The third kappa shape index (κ3) is 3.13. The second kappa shape index (κ2) is 7.14. The first-order valence-electron chi connectivity index (χ1n) is 8.54. The summed E-state index contributed by atoms with van der Waals surface area (Å²) in [5.41, 5.74) is 3.21. The first-order chi connectivity index (χ1) is 12.8. The van der Waals surface area contributed by atoms with Crippen LogP contribution in [0.4, 0.5) is 5.13 Å². The molecule has 0 bridgehead atoms. The predicted molar refractivity (Wildman–Crippen MR) is 105 cm³/mol. The first kappa shape index (κ1) is 16.5. The van der Waals surface area contributed by atoms with E-state index in [1.54, 1.807) is 17.0 Å². The molecule has 0 saturated heterocycles. The van der Waals surface area contributed by atoms with Gasteiger partial charge < -0.3 is 4.42 Å². The van der Waals surface area contributed by atoms with E-state index in [0.717, 1.165) is 22.2 Å². The van der Waals surface area contributed by atoms with E-state index < -0.39 is 0 Å². The molecule has 0 spiro atoms. The first-order valence-corrected chi connectivity index (χ1v) is 9.35. The number of thiazole rings is 1. The summed E-state index contributed by atoms with van der Waals surface area (Å²) in [6, 6.07) is 19.5. The molecular formula is C21H18N2O2S. The summed E-state index contributed by atoms with van der Waals surface area (Å²) in [6.45, 7) is 2.56. The van der Waals surface area contributed by atoms with Crippen LogP contribution in [0.15, 0.2) is 71.3 Å². The predicted octanol–water partition coefficient (Wildman–Crippen LogP) is 5.30. The summed E-state index contributed by atoms with van der Waals surface area (Å²) >= 11 is 1.53. The highest BCUT2D eigenvalue weighted by atomic mass is 32.1. The number of para-hydroxylation sites is 1. The number of hydrogen-bond acceptors (Lipinski definition) is 4. The minimum atomic E-state index is -0.184. The van der Waals surface area contributed by atoms with Gasteiger partial charge in [-0.2, -0.15) is 0 Å². The normalized spacial score (nSPS) is 11.0. The molecule has 130 valence electrons. The largest absolute Gasteiger partial charge is 0.459 e. The molecule has 0 aliphatic carbocycles. The van der Waals surface area contributed by atoms with Gasteiger partial charge in [0, 0.05) is 0 Å². The van der Waals surface area contributed by atoms with E-state index in [4.69, 9.17) is 9.40 Å². The minimum absolute atomic E-state index is 0.184. The van der Waals surface area contributed by atoms with Crippen LogP contribution in [-0.4, -0.2) is 10.9 Å². The minimum Gasteiger partial charge on any atom is -0.459 e. The van der Waals surface area contributed by atoms with Crippen molar-refractivity contribution in [3.63, 3.8) is 0 Å². The number of carbonyl (C=O) groups is 1. The summed E-state index contributed by atoms with van der Waals surface area (Å²) in [6.07, 6.45) is 2.42.